The first-order valence-electron chi connectivity index (χ1n) is 5.85. The highest BCUT2D eigenvalue weighted by Gasteiger charge is 2.01. The van der Waals surface area contributed by atoms with Crippen LogP contribution in [0.15, 0.2) is 15.8 Å². The maximum atomic E-state index is 11.4. The highest BCUT2D eigenvalue weighted by atomic mass is 35.5. The third-order valence-corrected chi connectivity index (χ3v) is 2.72. The summed E-state index contributed by atoms with van der Waals surface area (Å²) in [5.74, 6) is 0. The molecule has 0 spiro atoms. The van der Waals surface area contributed by atoms with Crippen molar-refractivity contribution in [2.75, 3.05) is 13.1 Å². The summed E-state index contributed by atoms with van der Waals surface area (Å²) in [5, 5.41) is 3.27. The van der Waals surface area contributed by atoms with Crippen molar-refractivity contribution in [3.05, 3.63) is 32.1 Å². The summed E-state index contributed by atoms with van der Waals surface area (Å²) in [5.41, 5.74) is -0.960. The summed E-state index contributed by atoms with van der Waals surface area (Å²) in [4.78, 5) is 24.6. The Balaban J connectivity index is 2.39. The molecule has 1 heterocycles. The molecule has 17 heavy (non-hydrogen) atoms. The highest BCUT2D eigenvalue weighted by molar-refractivity contribution is 6.30. The number of H-pyrrole nitrogens is 1. The molecular weight excluding hydrogens is 242 g/mol. The van der Waals surface area contributed by atoms with Crippen molar-refractivity contribution in [2.45, 2.75) is 32.7 Å². The van der Waals surface area contributed by atoms with Crippen LogP contribution >= 0.6 is 11.6 Å². The van der Waals surface area contributed by atoms with E-state index in [0.29, 0.717) is 13.1 Å². The zero-order valence-corrected chi connectivity index (χ0v) is 10.7. The molecule has 0 aromatic carbocycles. The first-order valence-corrected chi connectivity index (χ1v) is 6.23. The topological polar surface area (TPSA) is 66.9 Å². The normalized spacial score (nSPS) is 10.7. The Morgan fingerprint density at radius 2 is 2.12 bits per heavy atom. The molecule has 0 fully saturated rings. The van der Waals surface area contributed by atoms with Gasteiger partial charge in [-0.3, -0.25) is 14.3 Å². The Hall–Kier alpha value is -1.07. The van der Waals surface area contributed by atoms with Gasteiger partial charge in [-0.25, -0.2) is 4.79 Å². The Bertz CT molecular complexity index is 453. The van der Waals surface area contributed by atoms with E-state index in [4.69, 9.17) is 11.6 Å². The molecule has 0 unspecified atom stereocenters. The zero-order valence-electron chi connectivity index (χ0n) is 9.96. The fraction of sp³-hybridized carbons (Fsp3) is 0.636. The lowest BCUT2D eigenvalue weighted by molar-refractivity contribution is 0.554. The monoisotopic (exact) mass is 259 g/mol. The second kappa shape index (κ2) is 7.29. The van der Waals surface area contributed by atoms with Gasteiger partial charge in [0.2, 0.25) is 0 Å². The minimum atomic E-state index is -0.538. The summed E-state index contributed by atoms with van der Waals surface area (Å²) >= 11 is 5.64. The van der Waals surface area contributed by atoms with Crippen LogP contribution in [-0.2, 0) is 6.54 Å². The predicted molar refractivity (Wildman–Crippen MR) is 68.7 cm³/mol. The molecule has 96 valence electrons. The van der Waals surface area contributed by atoms with Gasteiger partial charge >= 0.3 is 5.69 Å². The van der Waals surface area contributed by atoms with Gasteiger partial charge in [-0.1, -0.05) is 31.4 Å². The van der Waals surface area contributed by atoms with E-state index in [9.17, 15) is 9.59 Å². The summed E-state index contributed by atoms with van der Waals surface area (Å²) in [6.45, 7) is 4.29. The van der Waals surface area contributed by atoms with Crippen LogP contribution in [0.4, 0.5) is 0 Å². The molecule has 0 amide bonds. The number of aromatic amines is 1. The molecule has 0 aliphatic carbocycles. The van der Waals surface area contributed by atoms with Gasteiger partial charge in [-0.15, -0.1) is 0 Å². The second-order valence-corrected chi connectivity index (χ2v) is 4.29. The van der Waals surface area contributed by atoms with E-state index in [2.05, 4.69) is 17.2 Å². The van der Waals surface area contributed by atoms with Crippen LogP contribution in [-0.4, -0.2) is 22.6 Å². The standard InChI is InChI=1S/C11H18ClN3O2/c1-2-3-4-5-13-6-7-15-8-9(12)10(16)14-11(15)17/h8,13H,2-7H2,1H3,(H,14,16,17). The van der Waals surface area contributed by atoms with Crippen LogP contribution in [0.3, 0.4) is 0 Å². The van der Waals surface area contributed by atoms with Crippen LogP contribution in [0, 0.1) is 0 Å². The largest absolute Gasteiger partial charge is 0.328 e. The minimum absolute atomic E-state index is 0.0376. The Kier molecular flexibility index (Phi) is 6.00. The lowest BCUT2D eigenvalue weighted by atomic mass is 10.2. The number of aromatic nitrogens is 2. The highest BCUT2D eigenvalue weighted by Crippen LogP contribution is 1.95. The van der Waals surface area contributed by atoms with E-state index in [1.54, 1.807) is 0 Å². The third kappa shape index (κ3) is 4.75. The smallest absolute Gasteiger partial charge is 0.315 e. The van der Waals surface area contributed by atoms with Crippen molar-refractivity contribution in [1.82, 2.24) is 14.9 Å². The van der Waals surface area contributed by atoms with E-state index in [0.717, 1.165) is 13.0 Å². The summed E-state index contributed by atoms with van der Waals surface area (Å²) < 4.78 is 1.40. The van der Waals surface area contributed by atoms with Gasteiger partial charge < -0.3 is 5.32 Å². The molecule has 1 aromatic rings. The third-order valence-electron chi connectivity index (χ3n) is 2.45. The number of hydrogen-bond acceptors (Lipinski definition) is 3. The van der Waals surface area contributed by atoms with Crippen LogP contribution in [0.5, 0.6) is 0 Å². The summed E-state index contributed by atoms with van der Waals surface area (Å²) in [6, 6.07) is 0. The van der Waals surface area contributed by atoms with E-state index in [-0.39, 0.29) is 5.02 Å². The van der Waals surface area contributed by atoms with Gasteiger partial charge in [0, 0.05) is 19.3 Å². The molecule has 0 radical (unpaired) electrons. The van der Waals surface area contributed by atoms with Gasteiger partial charge in [0.25, 0.3) is 5.56 Å². The van der Waals surface area contributed by atoms with Crippen LogP contribution in [0.25, 0.3) is 0 Å². The Morgan fingerprint density at radius 3 is 2.82 bits per heavy atom. The predicted octanol–water partition coefficient (Wildman–Crippen LogP) is 0.970. The van der Waals surface area contributed by atoms with Crippen molar-refractivity contribution in [2.24, 2.45) is 0 Å². The maximum absolute atomic E-state index is 11.4. The van der Waals surface area contributed by atoms with E-state index in [1.165, 1.54) is 23.6 Å². The zero-order chi connectivity index (χ0) is 12.7. The Labute approximate surface area is 105 Å². The molecular formula is C11H18ClN3O2. The quantitative estimate of drug-likeness (QED) is 0.717. The number of halogens is 1. The molecule has 0 bridgehead atoms. The molecule has 6 heteroatoms. The van der Waals surface area contributed by atoms with Gasteiger partial charge in [0.1, 0.15) is 5.02 Å². The van der Waals surface area contributed by atoms with E-state index < -0.39 is 11.2 Å². The molecule has 0 aliphatic rings. The van der Waals surface area contributed by atoms with Crippen LogP contribution in [0.2, 0.25) is 5.02 Å². The average Bonchev–Trinajstić information content (AvgIpc) is 2.30. The Morgan fingerprint density at radius 1 is 1.35 bits per heavy atom. The SMILES string of the molecule is CCCCCNCCn1cc(Cl)c(=O)[nH]c1=O. The van der Waals surface area contributed by atoms with Gasteiger partial charge in [0.05, 0.1) is 0 Å². The molecule has 0 saturated heterocycles. The first kappa shape index (κ1) is 14.0. The lowest BCUT2D eigenvalue weighted by Crippen LogP contribution is -2.33. The lowest BCUT2D eigenvalue weighted by Gasteiger charge is -2.06. The van der Waals surface area contributed by atoms with Crippen molar-refractivity contribution in [3.8, 4) is 0 Å². The fourth-order valence-corrected chi connectivity index (χ4v) is 1.64. The number of rotatable bonds is 7. The maximum Gasteiger partial charge on any atom is 0.328 e. The minimum Gasteiger partial charge on any atom is -0.315 e. The number of nitrogens with zero attached hydrogens (tertiary/aromatic N) is 1. The fourth-order valence-electron chi connectivity index (χ4n) is 1.47. The van der Waals surface area contributed by atoms with Gasteiger partial charge in [0.15, 0.2) is 0 Å². The molecule has 1 aromatic heterocycles. The summed E-state index contributed by atoms with van der Waals surface area (Å²) in [7, 11) is 0. The number of unbranched alkanes of at least 4 members (excludes halogenated alkanes) is 2. The number of nitrogens with one attached hydrogen (secondary N) is 2. The molecule has 0 atom stereocenters. The van der Waals surface area contributed by atoms with E-state index >= 15 is 0 Å². The average molecular weight is 260 g/mol. The van der Waals surface area contributed by atoms with Crippen molar-refractivity contribution >= 4 is 11.6 Å². The van der Waals surface area contributed by atoms with Crippen molar-refractivity contribution in [1.29, 1.82) is 0 Å². The van der Waals surface area contributed by atoms with Crippen LogP contribution < -0.4 is 16.6 Å². The molecule has 2 N–H and O–H groups in total. The number of hydrogen-bond donors (Lipinski definition) is 2. The molecule has 5 nitrogen and oxygen atoms in total. The van der Waals surface area contributed by atoms with Crippen molar-refractivity contribution < 1.29 is 0 Å². The summed E-state index contributed by atoms with van der Waals surface area (Å²) in [6.07, 6.45) is 4.91. The first-order chi connectivity index (χ1) is 8.15. The van der Waals surface area contributed by atoms with E-state index in [1.807, 2.05) is 0 Å². The molecule has 0 saturated carbocycles. The van der Waals surface area contributed by atoms with Crippen LogP contribution in [0.1, 0.15) is 26.2 Å². The van der Waals surface area contributed by atoms with Crippen molar-refractivity contribution in [3.63, 3.8) is 0 Å². The molecule has 1 rings (SSSR count). The second-order valence-electron chi connectivity index (χ2n) is 3.89. The van der Waals surface area contributed by atoms with Gasteiger partial charge in [-0.05, 0) is 13.0 Å². The molecule has 0 aliphatic heterocycles. The van der Waals surface area contributed by atoms with Gasteiger partial charge in [-0.2, -0.15) is 0 Å².